The second kappa shape index (κ2) is 3.77. The van der Waals surface area contributed by atoms with Gasteiger partial charge in [-0.2, -0.15) is 5.26 Å². The summed E-state index contributed by atoms with van der Waals surface area (Å²) in [7, 11) is 0. The Labute approximate surface area is 94.9 Å². The zero-order valence-electron chi connectivity index (χ0n) is 8.56. The molecule has 17 heavy (non-hydrogen) atoms. The number of hydrogen-bond donors (Lipinski definition) is 1. The van der Waals surface area contributed by atoms with Crippen LogP contribution in [-0.2, 0) is 4.79 Å². The molecule has 0 aliphatic heterocycles. The number of benzene rings is 1. The standard InChI is InChI=1S/C11H7F3N2O/c12-6-3-8(14)9(4-7(6)13)16-10(17)11(5-15)1-2-11/h3-4H,1-2H2,(H,16,17). The van der Waals surface area contributed by atoms with Gasteiger partial charge in [0.05, 0.1) is 11.8 Å². The van der Waals surface area contributed by atoms with Gasteiger partial charge in [-0.1, -0.05) is 0 Å². The molecular weight excluding hydrogens is 233 g/mol. The van der Waals surface area contributed by atoms with Gasteiger partial charge in [0.25, 0.3) is 0 Å². The smallest absolute Gasteiger partial charge is 0.244 e. The fourth-order valence-corrected chi connectivity index (χ4v) is 1.37. The van der Waals surface area contributed by atoms with Crippen LogP contribution in [0.5, 0.6) is 0 Å². The molecule has 1 fully saturated rings. The number of amides is 1. The Hall–Kier alpha value is -2.03. The van der Waals surface area contributed by atoms with E-state index in [1.165, 1.54) is 0 Å². The van der Waals surface area contributed by atoms with E-state index in [4.69, 9.17) is 5.26 Å². The van der Waals surface area contributed by atoms with E-state index >= 15 is 0 Å². The zero-order chi connectivity index (χ0) is 12.6. The van der Waals surface area contributed by atoms with Gasteiger partial charge < -0.3 is 5.32 Å². The van der Waals surface area contributed by atoms with E-state index in [-0.39, 0.29) is 0 Å². The summed E-state index contributed by atoms with van der Waals surface area (Å²) in [5, 5.41) is 10.8. The van der Waals surface area contributed by atoms with Crippen LogP contribution in [0.4, 0.5) is 18.9 Å². The zero-order valence-corrected chi connectivity index (χ0v) is 8.56. The van der Waals surface area contributed by atoms with Crippen molar-refractivity contribution in [2.24, 2.45) is 5.41 Å². The summed E-state index contributed by atoms with van der Waals surface area (Å²) in [5.74, 6) is -4.36. The summed E-state index contributed by atoms with van der Waals surface area (Å²) in [5.41, 5.74) is -1.60. The maximum Gasteiger partial charge on any atom is 0.244 e. The SMILES string of the molecule is N#CC1(C(=O)Nc2cc(F)c(F)cc2F)CC1. The predicted octanol–water partition coefficient (Wildman–Crippen LogP) is 2.35. The molecule has 1 amide bonds. The van der Waals surface area contributed by atoms with E-state index < -0.39 is 34.5 Å². The molecule has 0 atom stereocenters. The number of nitriles is 1. The van der Waals surface area contributed by atoms with Gasteiger partial charge in [-0.25, -0.2) is 13.2 Å². The van der Waals surface area contributed by atoms with Crippen molar-refractivity contribution in [3.05, 3.63) is 29.6 Å². The topological polar surface area (TPSA) is 52.9 Å². The lowest BCUT2D eigenvalue weighted by molar-refractivity contribution is -0.119. The first-order chi connectivity index (χ1) is 7.98. The molecule has 1 aliphatic rings. The van der Waals surface area contributed by atoms with Crippen molar-refractivity contribution in [3.8, 4) is 6.07 Å². The first kappa shape index (κ1) is 11.5. The van der Waals surface area contributed by atoms with Gasteiger partial charge >= 0.3 is 0 Å². The molecule has 1 aromatic carbocycles. The highest BCUT2D eigenvalue weighted by Gasteiger charge is 2.50. The molecule has 6 heteroatoms. The number of hydrogen-bond acceptors (Lipinski definition) is 2. The average Bonchev–Trinajstić information content (AvgIpc) is 3.06. The van der Waals surface area contributed by atoms with Crippen molar-refractivity contribution in [2.75, 3.05) is 5.32 Å². The third kappa shape index (κ3) is 1.96. The molecule has 2 rings (SSSR count). The highest BCUT2D eigenvalue weighted by Crippen LogP contribution is 2.45. The van der Waals surface area contributed by atoms with Crippen LogP contribution in [0.1, 0.15) is 12.8 Å². The molecule has 1 saturated carbocycles. The fourth-order valence-electron chi connectivity index (χ4n) is 1.37. The number of anilines is 1. The maximum atomic E-state index is 13.2. The van der Waals surface area contributed by atoms with Crippen molar-refractivity contribution >= 4 is 11.6 Å². The second-order valence-corrected chi connectivity index (χ2v) is 3.89. The third-order valence-electron chi connectivity index (χ3n) is 2.66. The lowest BCUT2D eigenvalue weighted by Crippen LogP contribution is -2.23. The van der Waals surface area contributed by atoms with E-state index in [2.05, 4.69) is 5.32 Å². The number of halogens is 3. The maximum absolute atomic E-state index is 13.2. The minimum Gasteiger partial charge on any atom is -0.322 e. The normalized spacial score (nSPS) is 16.1. The summed E-state index contributed by atoms with van der Waals surface area (Å²) in [6.45, 7) is 0. The van der Waals surface area contributed by atoms with Gasteiger partial charge in [0.1, 0.15) is 11.2 Å². The molecule has 0 bridgehead atoms. The molecule has 0 spiro atoms. The summed E-state index contributed by atoms with van der Waals surface area (Å²) in [6, 6.07) is 2.71. The Morgan fingerprint density at radius 1 is 1.24 bits per heavy atom. The van der Waals surface area contributed by atoms with Gasteiger partial charge in [-0.15, -0.1) is 0 Å². The summed E-state index contributed by atoms with van der Waals surface area (Å²) < 4.78 is 38.7. The van der Waals surface area contributed by atoms with Gasteiger partial charge in [-0.3, -0.25) is 4.79 Å². The van der Waals surface area contributed by atoms with Gasteiger partial charge in [0, 0.05) is 12.1 Å². The molecule has 1 N–H and O–H groups in total. The monoisotopic (exact) mass is 240 g/mol. The Balaban J connectivity index is 2.23. The number of nitrogens with zero attached hydrogens (tertiary/aromatic N) is 1. The second-order valence-electron chi connectivity index (χ2n) is 3.89. The highest BCUT2D eigenvalue weighted by molar-refractivity contribution is 5.99. The third-order valence-corrected chi connectivity index (χ3v) is 2.66. The highest BCUT2D eigenvalue weighted by atomic mass is 19.2. The number of nitrogens with one attached hydrogen (secondary N) is 1. The molecule has 0 heterocycles. The first-order valence-corrected chi connectivity index (χ1v) is 4.86. The van der Waals surface area contributed by atoms with E-state index in [9.17, 15) is 18.0 Å². The Morgan fingerprint density at radius 3 is 2.35 bits per heavy atom. The van der Waals surface area contributed by atoms with Gasteiger partial charge in [0.15, 0.2) is 11.6 Å². The number of carbonyl (C=O) groups excluding carboxylic acids is 1. The molecule has 3 nitrogen and oxygen atoms in total. The minimum atomic E-state index is -1.33. The molecule has 0 aromatic heterocycles. The minimum absolute atomic E-state index is 0.344. The molecule has 0 radical (unpaired) electrons. The Bertz CT molecular complexity index is 532. The van der Waals surface area contributed by atoms with Crippen LogP contribution in [0, 0.1) is 34.2 Å². The lowest BCUT2D eigenvalue weighted by Gasteiger charge is -2.09. The van der Waals surface area contributed by atoms with Gasteiger partial charge in [0.2, 0.25) is 5.91 Å². The van der Waals surface area contributed by atoms with Crippen LogP contribution >= 0.6 is 0 Å². The van der Waals surface area contributed by atoms with Crippen molar-refractivity contribution in [2.45, 2.75) is 12.8 Å². The van der Waals surface area contributed by atoms with E-state index in [1.807, 2.05) is 6.07 Å². The number of rotatable bonds is 2. The van der Waals surface area contributed by atoms with E-state index in [0.717, 1.165) is 0 Å². The first-order valence-electron chi connectivity index (χ1n) is 4.86. The molecule has 0 unspecified atom stereocenters. The molecule has 88 valence electrons. The van der Waals surface area contributed by atoms with E-state index in [0.29, 0.717) is 25.0 Å². The molecule has 0 saturated heterocycles. The summed E-state index contributed by atoms with van der Waals surface area (Å²) in [6.07, 6.45) is 0.779. The molecule has 1 aliphatic carbocycles. The summed E-state index contributed by atoms with van der Waals surface area (Å²) >= 11 is 0. The molecule has 1 aromatic rings. The van der Waals surface area contributed by atoms with Crippen LogP contribution < -0.4 is 5.32 Å². The van der Waals surface area contributed by atoms with Crippen LogP contribution in [0.15, 0.2) is 12.1 Å². The van der Waals surface area contributed by atoms with Crippen molar-refractivity contribution in [1.82, 2.24) is 0 Å². The average molecular weight is 240 g/mol. The Kier molecular flexibility index (Phi) is 2.54. The largest absolute Gasteiger partial charge is 0.322 e. The number of carbonyl (C=O) groups is 1. The fraction of sp³-hybridized carbons (Fsp3) is 0.273. The summed E-state index contributed by atoms with van der Waals surface area (Å²) in [4.78, 5) is 11.6. The Morgan fingerprint density at radius 2 is 1.82 bits per heavy atom. The predicted molar refractivity (Wildman–Crippen MR) is 52.2 cm³/mol. The van der Waals surface area contributed by atoms with Crippen LogP contribution in [0.25, 0.3) is 0 Å². The van der Waals surface area contributed by atoms with E-state index in [1.54, 1.807) is 0 Å². The van der Waals surface area contributed by atoms with Gasteiger partial charge in [-0.05, 0) is 12.8 Å². The quantitative estimate of drug-likeness (QED) is 0.806. The van der Waals surface area contributed by atoms with Crippen molar-refractivity contribution in [3.63, 3.8) is 0 Å². The van der Waals surface area contributed by atoms with Crippen LogP contribution in [0.2, 0.25) is 0 Å². The van der Waals surface area contributed by atoms with Crippen molar-refractivity contribution < 1.29 is 18.0 Å². The molecular formula is C11H7F3N2O. The lowest BCUT2D eigenvalue weighted by atomic mass is 10.1. The van der Waals surface area contributed by atoms with Crippen LogP contribution in [0.3, 0.4) is 0 Å². The van der Waals surface area contributed by atoms with Crippen molar-refractivity contribution in [1.29, 1.82) is 5.26 Å². The van der Waals surface area contributed by atoms with Crippen LogP contribution in [-0.4, -0.2) is 5.91 Å².